The van der Waals surface area contributed by atoms with Crippen LogP contribution in [-0.2, 0) is 12.1 Å². The third-order valence-electron chi connectivity index (χ3n) is 8.21. The fraction of sp³-hybridized carbons (Fsp3) is 0.235. The molecule has 0 bridgehead atoms. The fourth-order valence-corrected chi connectivity index (χ4v) is 6.51. The molecule has 1 aliphatic carbocycles. The first kappa shape index (κ1) is 26.5. The van der Waals surface area contributed by atoms with Gasteiger partial charge in [-0.05, 0) is 39.8 Å². The average molecular weight is 541 g/mol. The van der Waals surface area contributed by atoms with Crippen LogP contribution >= 0.6 is 11.6 Å². The third kappa shape index (κ3) is 4.89. The van der Waals surface area contributed by atoms with E-state index in [4.69, 9.17) is 11.6 Å². The van der Waals surface area contributed by atoms with Crippen LogP contribution in [0, 0.1) is 11.8 Å². The second kappa shape index (κ2) is 11.0. The summed E-state index contributed by atoms with van der Waals surface area (Å²) in [5.74, 6) is 7.44. The molecule has 2 nitrogen and oxygen atoms in total. The summed E-state index contributed by atoms with van der Waals surface area (Å²) in [6.45, 7) is 3.72. The summed E-state index contributed by atoms with van der Waals surface area (Å²) in [4.78, 5) is 0. The Kier molecular flexibility index (Phi) is 7.66. The van der Waals surface area contributed by atoms with Gasteiger partial charge in [0.25, 0.3) is 0 Å². The Morgan fingerprint density at radius 1 is 0.789 bits per heavy atom. The first-order chi connectivity index (χ1) is 18.1. The first-order valence-electron chi connectivity index (χ1n) is 13.1. The van der Waals surface area contributed by atoms with E-state index in [2.05, 4.69) is 66.4 Å². The molecule has 1 N–H and O–H groups in total. The van der Waals surface area contributed by atoms with Crippen molar-refractivity contribution < 1.29 is 22.0 Å². The van der Waals surface area contributed by atoms with E-state index < -0.39 is 5.60 Å². The first-order valence-corrected chi connectivity index (χ1v) is 13.5. The van der Waals surface area contributed by atoms with Crippen molar-refractivity contribution in [2.45, 2.75) is 30.9 Å². The van der Waals surface area contributed by atoms with E-state index in [1.54, 1.807) is 0 Å². The molecule has 0 radical (unpaired) electrons. The lowest BCUT2D eigenvalue weighted by Gasteiger charge is -2.33. The summed E-state index contributed by atoms with van der Waals surface area (Å²) in [5.41, 5.74) is 5.63. The van der Waals surface area contributed by atoms with Crippen LogP contribution in [0.25, 0.3) is 11.1 Å². The van der Waals surface area contributed by atoms with Gasteiger partial charge >= 0.3 is 0 Å². The number of hydrogen-bond acceptors (Lipinski definition) is 1. The topological polar surface area (TPSA) is 20.2 Å². The number of aliphatic hydroxyl groups is 1. The molecule has 4 heteroatoms. The van der Waals surface area contributed by atoms with Crippen LogP contribution in [0.5, 0.6) is 0 Å². The molecule has 192 valence electrons. The Balaban J connectivity index is 0.00000294. The van der Waals surface area contributed by atoms with E-state index in [9.17, 15) is 5.11 Å². The van der Waals surface area contributed by atoms with Crippen molar-refractivity contribution in [2.24, 2.45) is 0 Å². The highest BCUT2D eigenvalue weighted by atomic mass is 35.5. The normalized spacial score (nSPS) is 20.5. The highest BCUT2D eigenvalue weighted by molar-refractivity contribution is 6.31. The SMILES string of the molecule is OC1(CC#CC[N+]2(Cc3ccccc3Cl)CCC(c3ccccc3)C2)c2ccccc2-c2ccccc21.[Cl-]. The predicted octanol–water partition coefficient (Wildman–Crippen LogP) is 4.16. The molecule has 38 heavy (non-hydrogen) atoms. The largest absolute Gasteiger partial charge is 1.00 e. The summed E-state index contributed by atoms with van der Waals surface area (Å²) in [5, 5.41) is 12.7. The Hall–Kier alpha value is -3.06. The van der Waals surface area contributed by atoms with Crippen molar-refractivity contribution in [1.82, 2.24) is 0 Å². The molecule has 6 rings (SSSR count). The van der Waals surface area contributed by atoms with E-state index in [-0.39, 0.29) is 12.4 Å². The number of quaternary nitrogens is 1. The van der Waals surface area contributed by atoms with Gasteiger partial charge < -0.3 is 22.0 Å². The highest BCUT2D eigenvalue weighted by Gasteiger charge is 2.41. The number of nitrogens with zero attached hydrogens (tertiary/aromatic N) is 1. The molecule has 2 unspecified atom stereocenters. The molecule has 4 aromatic rings. The van der Waals surface area contributed by atoms with Crippen molar-refractivity contribution in [2.75, 3.05) is 19.6 Å². The number of fused-ring (bicyclic) bond motifs is 3. The zero-order chi connectivity index (χ0) is 25.3. The summed E-state index contributed by atoms with van der Waals surface area (Å²) in [6, 6.07) is 35.3. The van der Waals surface area contributed by atoms with Crippen molar-refractivity contribution in [3.05, 3.63) is 130 Å². The minimum atomic E-state index is -1.08. The summed E-state index contributed by atoms with van der Waals surface area (Å²) < 4.78 is 0.891. The van der Waals surface area contributed by atoms with Crippen LogP contribution in [0.1, 0.15) is 41.0 Å². The lowest BCUT2D eigenvalue weighted by atomic mass is 9.88. The fourth-order valence-electron chi connectivity index (χ4n) is 6.31. The van der Waals surface area contributed by atoms with Gasteiger partial charge in [-0.2, -0.15) is 0 Å². The molecule has 1 saturated heterocycles. The van der Waals surface area contributed by atoms with Crippen LogP contribution in [0.2, 0.25) is 5.02 Å². The highest BCUT2D eigenvalue weighted by Crippen LogP contribution is 2.48. The lowest BCUT2D eigenvalue weighted by molar-refractivity contribution is -0.923. The maximum atomic E-state index is 11.9. The van der Waals surface area contributed by atoms with Gasteiger partial charge in [0, 0.05) is 29.3 Å². The van der Waals surface area contributed by atoms with Gasteiger partial charge in [-0.1, -0.05) is 115 Å². The smallest absolute Gasteiger partial charge is 0.141 e. The third-order valence-corrected chi connectivity index (χ3v) is 8.58. The zero-order valence-corrected chi connectivity index (χ0v) is 22.8. The summed E-state index contributed by atoms with van der Waals surface area (Å²) >= 11 is 6.60. The standard InChI is InChI=1S/C34H31ClNO.ClH/c35-33-19-9-4-14-28(33)25-36(23-20-27(24-36)26-12-2-1-3-13-26)22-11-10-21-34(37)31-17-7-5-15-29(31)30-16-6-8-18-32(30)34;/h1-9,12-19,27,37H,20-25H2;1H/q+1;/p-1. The zero-order valence-electron chi connectivity index (χ0n) is 21.3. The van der Waals surface area contributed by atoms with E-state index in [1.807, 2.05) is 48.5 Å². The Morgan fingerprint density at radius 3 is 2.08 bits per heavy atom. The molecule has 1 aliphatic heterocycles. The van der Waals surface area contributed by atoms with Gasteiger partial charge in [0.05, 0.1) is 13.1 Å². The second-order valence-corrected chi connectivity index (χ2v) is 10.9. The number of benzene rings is 4. The summed E-state index contributed by atoms with van der Waals surface area (Å²) in [7, 11) is 0. The van der Waals surface area contributed by atoms with Gasteiger partial charge in [0.1, 0.15) is 18.7 Å². The van der Waals surface area contributed by atoms with Crippen LogP contribution in [0.15, 0.2) is 103 Å². The number of halogens is 2. The van der Waals surface area contributed by atoms with Crippen LogP contribution < -0.4 is 12.4 Å². The molecule has 0 spiro atoms. The van der Waals surface area contributed by atoms with Gasteiger partial charge in [0.2, 0.25) is 0 Å². The number of hydrogen-bond donors (Lipinski definition) is 1. The maximum absolute atomic E-state index is 11.9. The molecule has 0 amide bonds. The molecule has 4 aromatic carbocycles. The van der Waals surface area contributed by atoms with Gasteiger partial charge in [-0.3, -0.25) is 0 Å². The lowest BCUT2D eigenvalue weighted by Crippen LogP contribution is -3.00. The Bertz CT molecular complexity index is 1440. The van der Waals surface area contributed by atoms with Crippen molar-refractivity contribution in [3.8, 4) is 23.0 Å². The van der Waals surface area contributed by atoms with Gasteiger partial charge in [0.15, 0.2) is 0 Å². The molecule has 2 atom stereocenters. The molecular weight excluding hydrogens is 509 g/mol. The summed E-state index contributed by atoms with van der Waals surface area (Å²) in [6.07, 6.45) is 1.52. The van der Waals surface area contributed by atoms with Gasteiger partial charge in [-0.15, -0.1) is 0 Å². The van der Waals surface area contributed by atoms with Gasteiger partial charge in [-0.25, -0.2) is 0 Å². The quantitative estimate of drug-likeness (QED) is 0.298. The van der Waals surface area contributed by atoms with Crippen LogP contribution in [0.4, 0.5) is 0 Å². The monoisotopic (exact) mass is 539 g/mol. The molecule has 1 fully saturated rings. The van der Waals surface area contributed by atoms with E-state index >= 15 is 0 Å². The molecule has 2 aliphatic rings. The van der Waals surface area contributed by atoms with E-state index in [0.717, 1.165) is 64.4 Å². The van der Waals surface area contributed by atoms with E-state index in [0.29, 0.717) is 12.3 Å². The number of likely N-dealkylation sites (tertiary alicyclic amines) is 1. The minimum Gasteiger partial charge on any atom is -1.00 e. The molecule has 0 aromatic heterocycles. The van der Waals surface area contributed by atoms with E-state index in [1.165, 1.54) is 11.1 Å². The van der Waals surface area contributed by atoms with Crippen LogP contribution in [0.3, 0.4) is 0 Å². The second-order valence-electron chi connectivity index (χ2n) is 10.5. The van der Waals surface area contributed by atoms with Crippen molar-refractivity contribution in [3.63, 3.8) is 0 Å². The molecular formula is C34H31Cl2NO. The van der Waals surface area contributed by atoms with Crippen LogP contribution in [-0.4, -0.2) is 29.2 Å². The molecule has 0 saturated carbocycles. The predicted molar refractivity (Wildman–Crippen MR) is 151 cm³/mol. The minimum absolute atomic E-state index is 0. The maximum Gasteiger partial charge on any atom is 0.141 e. The number of rotatable bonds is 5. The Morgan fingerprint density at radius 2 is 1.39 bits per heavy atom. The molecule has 1 heterocycles. The average Bonchev–Trinajstić information content (AvgIpc) is 3.47. The Labute approximate surface area is 236 Å². The van der Waals surface area contributed by atoms with Crippen molar-refractivity contribution >= 4 is 11.6 Å². The van der Waals surface area contributed by atoms with Crippen molar-refractivity contribution in [1.29, 1.82) is 0 Å².